The molecular weight excluding hydrogens is 591 g/mol. The fourth-order valence-corrected chi connectivity index (χ4v) is 3.28. The maximum Gasteiger partial charge on any atom is 2.00 e. The molecule has 0 atom stereocenters. The summed E-state index contributed by atoms with van der Waals surface area (Å²) in [5, 5.41) is 9.09. The predicted molar refractivity (Wildman–Crippen MR) is 128 cm³/mol. The van der Waals surface area contributed by atoms with E-state index in [4.69, 9.17) is 9.84 Å². The van der Waals surface area contributed by atoms with Gasteiger partial charge in [-0.1, -0.05) is 33.8 Å². The molecule has 2 heterocycles. The number of methoxy groups -OCH3 is 1. The second-order valence-corrected chi connectivity index (χ2v) is 7.61. The summed E-state index contributed by atoms with van der Waals surface area (Å²) in [4.78, 5) is 8.67. The molecule has 0 aliphatic heterocycles. The summed E-state index contributed by atoms with van der Waals surface area (Å²) in [6.07, 6.45) is 3.47. The minimum Gasteiger partial charge on any atom is -0.497 e. The zero-order chi connectivity index (χ0) is 23.1. The first kappa shape index (κ1) is 26.4. The van der Waals surface area contributed by atoms with Gasteiger partial charge in [0.15, 0.2) is 0 Å². The molecule has 0 radical (unpaired) electrons. The van der Waals surface area contributed by atoms with Gasteiger partial charge in [-0.25, -0.2) is 0 Å². The van der Waals surface area contributed by atoms with Crippen molar-refractivity contribution in [1.29, 1.82) is 0 Å². The van der Waals surface area contributed by atoms with Crippen molar-refractivity contribution < 1.29 is 30.9 Å². The van der Waals surface area contributed by atoms with Crippen LogP contribution in [0.5, 0.6) is 5.75 Å². The molecule has 33 heavy (non-hydrogen) atoms. The Hall–Kier alpha value is -2.81. The zero-order valence-electron chi connectivity index (χ0n) is 19.5. The van der Waals surface area contributed by atoms with Crippen molar-refractivity contribution in [2.24, 2.45) is 0 Å². The number of pyridine rings is 2. The molecule has 4 rings (SSSR count). The fourth-order valence-electron chi connectivity index (χ4n) is 3.28. The van der Waals surface area contributed by atoms with E-state index in [1.54, 1.807) is 19.5 Å². The van der Waals surface area contributed by atoms with E-state index in [1.807, 2.05) is 42.5 Å². The SMILES string of the molecule is COc1ccnc(-c2[c-]ccc(C)c2C)c1.Cc1cc[c-]c(-c2cc(CO)ccn2)c1C.[Pt+2]. The normalized spacial score (nSPS) is 10.0. The standard InChI is InChI=1S/2C14H14NO.Pt/c1-10-5-4-6-13(11(10)2)14-9-12(16-3)7-8-15-14;1-10-4-3-5-13(11(10)2)14-8-12(9-16)6-7-15-14;/h4-5,7-9H,1-3H3;3-4,6-8,16H,9H2,1-2H3;/q2*-1;+2. The van der Waals surface area contributed by atoms with Crippen LogP contribution in [0.4, 0.5) is 0 Å². The van der Waals surface area contributed by atoms with Gasteiger partial charge < -0.3 is 19.8 Å². The van der Waals surface area contributed by atoms with E-state index >= 15 is 0 Å². The Morgan fingerprint density at radius 3 is 1.82 bits per heavy atom. The third-order valence-electron chi connectivity index (χ3n) is 5.54. The van der Waals surface area contributed by atoms with E-state index in [0.717, 1.165) is 33.8 Å². The first-order valence-electron chi connectivity index (χ1n) is 10.5. The molecule has 4 nitrogen and oxygen atoms in total. The summed E-state index contributed by atoms with van der Waals surface area (Å²) < 4.78 is 5.19. The molecule has 172 valence electrons. The Balaban J connectivity index is 0.000000227. The third-order valence-corrected chi connectivity index (χ3v) is 5.54. The van der Waals surface area contributed by atoms with Crippen LogP contribution < -0.4 is 4.74 Å². The molecule has 2 aromatic carbocycles. The first-order valence-corrected chi connectivity index (χ1v) is 10.5. The Kier molecular flexibility index (Phi) is 9.96. The van der Waals surface area contributed by atoms with E-state index in [-0.39, 0.29) is 27.7 Å². The van der Waals surface area contributed by atoms with Crippen LogP contribution in [0.25, 0.3) is 22.5 Å². The largest absolute Gasteiger partial charge is 2.00 e. The summed E-state index contributed by atoms with van der Waals surface area (Å²) >= 11 is 0. The monoisotopic (exact) mass is 619 g/mol. The second-order valence-electron chi connectivity index (χ2n) is 7.61. The zero-order valence-corrected chi connectivity index (χ0v) is 21.8. The van der Waals surface area contributed by atoms with Crippen molar-refractivity contribution in [3.63, 3.8) is 0 Å². The smallest absolute Gasteiger partial charge is 0.497 e. The number of rotatable bonds is 4. The summed E-state index contributed by atoms with van der Waals surface area (Å²) in [6.45, 7) is 8.35. The van der Waals surface area contributed by atoms with Gasteiger partial charge in [0.2, 0.25) is 0 Å². The fraction of sp³-hybridized carbons (Fsp3) is 0.214. The van der Waals surface area contributed by atoms with Gasteiger partial charge in [0.25, 0.3) is 0 Å². The number of nitrogens with zero attached hydrogens (tertiary/aromatic N) is 2. The molecule has 0 aliphatic carbocycles. The predicted octanol–water partition coefficient (Wildman–Crippen LogP) is 5.83. The van der Waals surface area contributed by atoms with Crippen molar-refractivity contribution in [1.82, 2.24) is 9.97 Å². The first-order chi connectivity index (χ1) is 15.4. The van der Waals surface area contributed by atoms with Crippen molar-refractivity contribution in [3.8, 4) is 28.3 Å². The number of ether oxygens (including phenoxy) is 1. The molecule has 0 saturated carbocycles. The van der Waals surface area contributed by atoms with Gasteiger partial charge in [-0.3, -0.25) is 0 Å². The molecule has 0 aliphatic rings. The van der Waals surface area contributed by atoms with Crippen molar-refractivity contribution in [2.45, 2.75) is 34.3 Å². The Morgan fingerprint density at radius 2 is 1.30 bits per heavy atom. The van der Waals surface area contributed by atoms with Crippen LogP contribution in [0.2, 0.25) is 0 Å². The van der Waals surface area contributed by atoms with Gasteiger partial charge in [-0.05, 0) is 35.2 Å². The molecule has 5 heteroatoms. The third kappa shape index (κ3) is 6.60. The van der Waals surface area contributed by atoms with Crippen LogP contribution >= 0.6 is 0 Å². The van der Waals surface area contributed by atoms with Crippen LogP contribution in [0.1, 0.15) is 27.8 Å². The number of aryl methyl sites for hydroxylation is 2. The minimum atomic E-state index is 0. The Morgan fingerprint density at radius 1 is 0.788 bits per heavy atom. The molecule has 0 unspecified atom stereocenters. The summed E-state index contributed by atoms with van der Waals surface area (Å²) in [7, 11) is 1.66. The van der Waals surface area contributed by atoms with Crippen LogP contribution in [0.15, 0.2) is 60.9 Å². The maximum absolute atomic E-state index is 9.09. The number of benzene rings is 2. The Labute approximate surface area is 211 Å². The summed E-state index contributed by atoms with van der Waals surface area (Å²) in [5.74, 6) is 0.819. The number of aromatic nitrogens is 2. The van der Waals surface area contributed by atoms with E-state index in [0.29, 0.717) is 0 Å². The molecule has 4 aromatic rings. The van der Waals surface area contributed by atoms with Gasteiger partial charge in [-0.2, -0.15) is 0 Å². The average Bonchev–Trinajstić information content (AvgIpc) is 2.83. The van der Waals surface area contributed by atoms with Crippen molar-refractivity contribution in [3.05, 3.63) is 101 Å². The van der Waals surface area contributed by atoms with Gasteiger partial charge in [0.1, 0.15) is 5.75 Å². The van der Waals surface area contributed by atoms with Gasteiger partial charge in [-0.15, -0.1) is 69.8 Å². The minimum absolute atomic E-state index is 0. The van der Waals surface area contributed by atoms with Crippen molar-refractivity contribution >= 4 is 0 Å². The molecule has 0 saturated heterocycles. The van der Waals surface area contributed by atoms with E-state index < -0.39 is 0 Å². The van der Waals surface area contributed by atoms with E-state index in [2.05, 4.69) is 55.9 Å². The van der Waals surface area contributed by atoms with Crippen molar-refractivity contribution in [2.75, 3.05) is 7.11 Å². The molecule has 0 amide bonds. The number of hydrogen-bond donors (Lipinski definition) is 1. The van der Waals surface area contributed by atoms with Crippen LogP contribution in [-0.2, 0) is 27.7 Å². The summed E-state index contributed by atoms with van der Waals surface area (Å²) in [5.41, 5.74) is 9.57. The number of aliphatic hydroxyl groups is 1. The van der Waals surface area contributed by atoms with Gasteiger partial charge in [0, 0.05) is 12.4 Å². The Bertz CT molecular complexity index is 1110. The molecule has 0 spiro atoms. The summed E-state index contributed by atoms with van der Waals surface area (Å²) in [6, 6.07) is 21.8. The molecular formula is C28H28N2O2Pt. The molecule has 0 bridgehead atoms. The van der Waals surface area contributed by atoms with E-state index in [1.165, 1.54) is 22.3 Å². The van der Waals surface area contributed by atoms with Gasteiger partial charge >= 0.3 is 21.1 Å². The second kappa shape index (κ2) is 12.4. The maximum atomic E-state index is 9.09. The molecule has 0 fully saturated rings. The van der Waals surface area contributed by atoms with Crippen LogP contribution in [0.3, 0.4) is 0 Å². The average molecular weight is 620 g/mol. The number of hydrogen-bond acceptors (Lipinski definition) is 4. The number of aliphatic hydroxyl groups excluding tert-OH is 1. The van der Waals surface area contributed by atoms with Gasteiger partial charge in [0.05, 0.1) is 13.7 Å². The van der Waals surface area contributed by atoms with E-state index in [9.17, 15) is 0 Å². The quantitative estimate of drug-likeness (QED) is 0.292. The topological polar surface area (TPSA) is 55.2 Å². The van der Waals surface area contributed by atoms with Crippen LogP contribution in [0, 0.1) is 39.8 Å². The molecule has 2 aromatic heterocycles. The van der Waals surface area contributed by atoms with Crippen LogP contribution in [-0.4, -0.2) is 22.2 Å². The molecule has 1 N–H and O–H groups in total.